The third kappa shape index (κ3) is 43.5. The van der Waals surface area contributed by atoms with Gasteiger partial charge in [0, 0.05) is 6.42 Å². The predicted molar refractivity (Wildman–Crippen MR) is 231 cm³/mol. The minimum atomic E-state index is -4.51. The fourth-order valence-electron chi connectivity index (χ4n) is 6.15. The summed E-state index contributed by atoms with van der Waals surface area (Å²) >= 11 is 0. The van der Waals surface area contributed by atoms with E-state index in [2.05, 4.69) is 38.2 Å². The maximum absolute atomic E-state index is 12.5. The molecular weight excluding hydrogens is 709 g/mol. The first kappa shape index (κ1) is 53.6. The van der Waals surface area contributed by atoms with Crippen molar-refractivity contribution in [1.29, 1.82) is 0 Å². The van der Waals surface area contributed by atoms with Crippen LogP contribution in [0.4, 0.5) is 0 Å². The number of ether oxygens (including phenoxy) is 2. The molecule has 8 nitrogen and oxygen atoms in total. The van der Waals surface area contributed by atoms with Crippen LogP contribution in [0, 0.1) is 0 Å². The number of carbonyl (C=O) groups excluding carboxylic acids is 1. The number of nitrogens with zero attached hydrogens (tertiary/aromatic N) is 1. The highest BCUT2D eigenvalue weighted by Gasteiger charge is 2.19. The summed E-state index contributed by atoms with van der Waals surface area (Å²) in [4.78, 5) is 24.9. The molecule has 2 atom stereocenters. The van der Waals surface area contributed by atoms with E-state index in [0.717, 1.165) is 38.5 Å². The van der Waals surface area contributed by atoms with Crippen molar-refractivity contribution in [3.8, 4) is 0 Å². The number of carbonyl (C=O) groups is 1. The van der Waals surface area contributed by atoms with E-state index in [4.69, 9.17) is 18.5 Å². The van der Waals surface area contributed by atoms with Gasteiger partial charge < -0.3 is 27.9 Å². The van der Waals surface area contributed by atoms with Gasteiger partial charge in [0.2, 0.25) is 0 Å². The maximum Gasteiger partial charge on any atom is 0.305 e. The summed E-state index contributed by atoms with van der Waals surface area (Å²) in [5, 5.41) is 0. The summed E-state index contributed by atoms with van der Waals surface area (Å²) in [6.07, 6.45) is 46.8. The van der Waals surface area contributed by atoms with Crippen molar-refractivity contribution in [1.82, 2.24) is 0 Å². The molecule has 0 spiro atoms. The van der Waals surface area contributed by atoms with Crippen LogP contribution >= 0.6 is 7.82 Å². The van der Waals surface area contributed by atoms with Crippen LogP contribution in [0.25, 0.3) is 0 Å². The summed E-state index contributed by atoms with van der Waals surface area (Å²) < 4.78 is 34.4. The molecule has 0 saturated carbocycles. The van der Waals surface area contributed by atoms with Gasteiger partial charge in [-0.15, -0.1) is 0 Å². The average molecular weight is 798 g/mol. The molecule has 0 fully saturated rings. The van der Waals surface area contributed by atoms with Gasteiger partial charge in [0.05, 0.1) is 34.0 Å². The maximum atomic E-state index is 12.5. The molecule has 0 aliphatic heterocycles. The van der Waals surface area contributed by atoms with E-state index in [9.17, 15) is 14.3 Å². The number of esters is 1. The molecule has 0 N–H and O–H groups in total. The Kier molecular flexibility index (Phi) is 38.4. The third-order valence-electron chi connectivity index (χ3n) is 9.78. The van der Waals surface area contributed by atoms with Crippen molar-refractivity contribution in [2.24, 2.45) is 0 Å². The first-order chi connectivity index (χ1) is 26.6. The minimum absolute atomic E-state index is 0.0271. The number of hydrogen-bond donors (Lipinski definition) is 0. The zero-order valence-electron chi connectivity index (χ0n) is 36.6. The van der Waals surface area contributed by atoms with Gasteiger partial charge in [0.1, 0.15) is 19.8 Å². The van der Waals surface area contributed by atoms with E-state index >= 15 is 0 Å². The van der Waals surface area contributed by atoms with Gasteiger partial charge in [-0.25, -0.2) is 0 Å². The van der Waals surface area contributed by atoms with Crippen LogP contribution in [0.5, 0.6) is 0 Å². The van der Waals surface area contributed by atoms with Crippen molar-refractivity contribution in [3.63, 3.8) is 0 Å². The Morgan fingerprint density at radius 2 is 1.02 bits per heavy atom. The Morgan fingerprint density at radius 1 is 0.582 bits per heavy atom. The number of allylic oxidation sites excluding steroid dienone is 5. The lowest BCUT2D eigenvalue weighted by Crippen LogP contribution is -2.37. The summed E-state index contributed by atoms with van der Waals surface area (Å²) in [6.45, 7) is 4.69. The molecule has 0 aliphatic rings. The fraction of sp³-hybridized carbons (Fsp3) is 0.848. The van der Waals surface area contributed by atoms with E-state index < -0.39 is 13.9 Å². The second kappa shape index (κ2) is 39.4. The third-order valence-corrected chi connectivity index (χ3v) is 10.7. The molecule has 0 aromatic carbocycles. The smallest absolute Gasteiger partial charge is 0.305 e. The quantitative estimate of drug-likeness (QED) is 0.0152. The van der Waals surface area contributed by atoms with Gasteiger partial charge >= 0.3 is 5.97 Å². The molecule has 0 rings (SSSR count). The van der Waals surface area contributed by atoms with Gasteiger partial charge in [-0.1, -0.05) is 167 Å². The largest absolute Gasteiger partial charge is 0.756 e. The van der Waals surface area contributed by atoms with Crippen molar-refractivity contribution >= 4 is 13.8 Å². The predicted octanol–water partition coefficient (Wildman–Crippen LogP) is 13.1. The first-order valence-electron chi connectivity index (χ1n) is 22.8. The lowest BCUT2D eigenvalue weighted by molar-refractivity contribution is -0.870. The van der Waals surface area contributed by atoms with Gasteiger partial charge in [0.25, 0.3) is 7.82 Å². The number of hydrogen-bond acceptors (Lipinski definition) is 7. The van der Waals surface area contributed by atoms with Crippen LogP contribution < -0.4 is 4.89 Å². The number of unbranched alkanes of at least 4 members (excludes halogenated alkanes) is 24. The highest BCUT2D eigenvalue weighted by molar-refractivity contribution is 7.45. The van der Waals surface area contributed by atoms with Crippen LogP contribution in [0.1, 0.15) is 200 Å². The molecule has 0 aromatic heterocycles. The van der Waals surface area contributed by atoms with Crippen molar-refractivity contribution in [2.75, 3.05) is 47.5 Å². The fourth-order valence-corrected chi connectivity index (χ4v) is 6.88. The van der Waals surface area contributed by atoms with Gasteiger partial charge in [-0.05, 0) is 57.4 Å². The minimum Gasteiger partial charge on any atom is -0.756 e. The molecule has 9 heteroatoms. The average Bonchev–Trinajstić information content (AvgIpc) is 3.14. The van der Waals surface area contributed by atoms with Crippen LogP contribution in [0.3, 0.4) is 0 Å². The molecule has 55 heavy (non-hydrogen) atoms. The molecule has 2 unspecified atom stereocenters. The first-order valence-corrected chi connectivity index (χ1v) is 24.2. The molecule has 0 radical (unpaired) electrons. The molecule has 0 bridgehead atoms. The Hall–Kier alpha value is -1.44. The molecule has 0 aliphatic carbocycles. The standard InChI is InChI=1S/C46H88NO7P/c1-6-8-10-12-14-16-18-20-22-23-24-25-26-27-29-31-33-35-37-39-46(48)52-43-45(44-54-55(49,50)53-42-40-47(3,4)5)51-41-38-36-34-32-30-28-21-19-17-15-13-11-9-7-2/h14,16,20,22,38,41,45H,6-13,15,17-19,21,23-37,39-40,42-44H2,1-5H3/b16-14-,22-20-,41-38-. The molecule has 0 amide bonds. The molecule has 324 valence electrons. The van der Waals surface area contributed by atoms with E-state index in [-0.39, 0.29) is 25.8 Å². The second-order valence-electron chi connectivity index (χ2n) is 16.5. The zero-order valence-corrected chi connectivity index (χ0v) is 37.5. The highest BCUT2D eigenvalue weighted by atomic mass is 31.2. The van der Waals surface area contributed by atoms with Crippen molar-refractivity contribution < 1.29 is 37.3 Å². The van der Waals surface area contributed by atoms with E-state index in [0.29, 0.717) is 17.4 Å². The summed E-state index contributed by atoms with van der Waals surface area (Å²) in [6, 6.07) is 0. The Labute approximate surface area is 340 Å². The zero-order chi connectivity index (χ0) is 40.6. The van der Waals surface area contributed by atoms with Crippen LogP contribution in [0.2, 0.25) is 0 Å². The summed E-state index contributed by atoms with van der Waals surface area (Å²) in [5.41, 5.74) is 0. The normalized spacial score (nSPS) is 14.0. The number of phosphoric ester groups is 1. The highest BCUT2D eigenvalue weighted by Crippen LogP contribution is 2.38. The Bertz CT molecular complexity index is 978. The molecule has 0 heterocycles. The van der Waals surface area contributed by atoms with Gasteiger partial charge in [-0.2, -0.15) is 0 Å². The van der Waals surface area contributed by atoms with Crippen LogP contribution in [0.15, 0.2) is 36.6 Å². The van der Waals surface area contributed by atoms with Crippen LogP contribution in [-0.2, 0) is 27.9 Å². The van der Waals surface area contributed by atoms with Crippen LogP contribution in [-0.4, -0.2) is 64.1 Å². The Morgan fingerprint density at radius 3 is 1.53 bits per heavy atom. The summed E-state index contributed by atoms with van der Waals surface area (Å²) in [5.74, 6) is -0.296. The lowest BCUT2D eigenvalue weighted by atomic mass is 10.0. The van der Waals surface area contributed by atoms with Gasteiger partial charge in [-0.3, -0.25) is 9.36 Å². The number of phosphoric acid groups is 1. The van der Waals surface area contributed by atoms with Crippen molar-refractivity contribution in [2.45, 2.75) is 206 Å². The topological polar surface area (TPSA) is 94.1 Å². The number of rotatable bonds is 42. The second-order valence-corrected chi connectivity index (χ2v) is 17.9. The van der Waals surface area contributed by atoms with E-state index in [1.54, 1.807) is 6.26 Å². The molecule has 0 saturated heterocycles. The Balaban J connectivity index is 4.22. The number of likely N-dealkylation sites (N-methyl/N-ethyl adjacent to an activating group) is 1. The van der Waals surface area contributed by atoms with E-state index in [1.165, 1.54) is 141 Å². The monoisotopic (exact) mass is 798 g/mol. The molecule has 0 aromatic rings. The van der Waals surface area contributed by atoms with Crippen molar-refractivity contribution in [3.05, 3.63) is 36.6 Å². The summed E-state index contributed by atoms with van der Waals surface area (Å²) in [7, 11) is 1.36. The van der Waals surface area contributed by atoms with E-state index in [1.807, 2.05) is 27.2 Å². The molecular formula is C46H88NO7P. The van der Waals surface area contributed by atoms with Gasteiger partial charge in [0.15, 0.2) is 6.10 Å². The SMILES string of the molecule is CCCCC/C=C\C/C=C\CCCCCCCCCCCC(=O)OCC(COP(=O)([O-])OCC[N+](C)(C)C)O/C=C\CCCCCCCCCCCCCC. The lowest BCUT2D eigenvalue weighted by Gasteiger charge is -2.28. The number of quaternary nitrogens is 1.